The van der Waals surface area contributed by atoms with E-state index in [2.05, 4.69) is 20.8 Å². The molecule has 0 radical (unpaired) electrons. The number of rotatable bonds is 9. The summed E-state index contributed by atoms with van der Waals surface area (Å²) in [7, 11) is 0. The first kappa shape index (κ1) is 23.1. The third kappa shape index (κ3) is 5.07. The fourth-order valence-electron chi connectivity index (χ4n) is 4.01. The summed E-state index contributed by atoms with van der Waals surface area (Å²) >= 11 is 1.17. The quantitative estimate of drug-likeness (QED) is 0.352. The van der Waals surface area contributed by atoms with E-state index in [1.807, 2.05) is 65.3 Å². The van der Waals surface area contributed by atoms with E-state index in [1.54, 1.807) is 6.92 Å². The Bertz CT molecular complexity index is 1240. The Balaban J connectivity index is 1.19. The standard InChI is InChI=1S/C25H26N6O3S/c1-25(15-14-17-8-4-2-5-9-17)22(33)31(24(34)27-25)28-20(32)16-35-23-26-21(18-12-13-18)30(29-23)19-10-6-3-7-11-19/h2-11,18H,12-16H2,1H3,(H,27,34)(H,28,32)/t25-/m1/s1. The Labute approximate surface area is 207 Å². The molecular weight excluding hydrogens is 464 g/mol. The number of carbonyl (C=O) groups is 3. The Hall–Kier alpha value is -3.66. The van der Waals surface area contributed by atoms with Gasteiger partial charge in [-0.2, -0.15) is 5.01 Å². The second kappa shape index (κ2) is 9.53. The molecule has 0 bridgehead atoms. The third-order valence-corrected chi connectivity index (χ3v) is 6.98. The summed E-state index contributed by atoms with van der Waals surface area (Å²) in [6.45, 7) is 1.68. The Morgan fingerprint density at radius 3 is 2.49 bits per heavy atom. The van der Waals surface area contributed by atoms with Crippen LogP contribution in [0.15, 0.2) is 65.8 Å². The molecule has 4 amide bonds. The van der Waals surface area contributed by atoms with Crippen LogP contribution in [0.2, 0.25) is 0 Å². The molecule has 1 aliphatic carbocycles. The molecule has 1 atom stereocenters. The molecule has 10 heteroatoms. The number of carbonyl (C=O) groups excluding carboxylic acids is 3. The molecule has 180 valence electrons. The van der Waals surface area contributed by atoms with E-state index in [1.165, 1.54) is 11.8 Å². The van der Waals surface area contributed by atoms with Gasteiger partial charge in [0.1, 0.15) is 11.4 Å². The zero-order valence-electron chi connectivity index (χ0n) is 19.3. The zero-order valence-corrected chi connectivity index (χ0v) is 20.1. The van der Waals surface area contributed by atoms with Crippen LogP contribution in [-0.2, 0) is 16.0 Å². The van der Waals surface area contributed by atoms with Gasteiger partial charge in [-0.1, -0.05) is 60.3 Å². The molecule has 1 aliphatic heterocycles. The van der Waals surface area contributed by atoms with E-state index in [0.717, 1.165) is 34.9 Å². The van der Waals surface area contributed by atoms with E-state index < -0.39 is 23.4 Å². The summed E-state index contributed by atoms with van der Waals surface area (Å²) in [5.41, 5.74) is 3.35. The molecule has 2 heterocycles. The van der Waals surface area contributed by atoms with E-state index in [0.29, 0.717) is 23.9 Å². The average molecular weight is 491 g/mol. The molecule has 0 unspecified atom stereocenters. The lowest BCUT2D eigenvalue weighted by Gasteiger charge is -2.21. The molecule has 5 rings (SSSR count). The fourth-order valence-corrected chi connectivity index (χ4v) is 4.63. The minimum atomic E-state index is -1.08. The number of para-hydroxylation sites is 1. The highest BCUT2D eigenvalue weighted by molar-refractivity contribution is 7.99. The highest BCUT2D eigenvalue weighted by Crippen LogP contribution is 2.40. The molecule has 9 nitrogen and oxygen atoms in total. The highest BCUT2D eigenvalue weighted by Gasteiger charge is 2.48. The van der Waals surface area contributed by atoms with E-state index in [-0.39, 0.29) is 5.75 Å². The normalized spacial score (nSPS) is 19.6. The van der Waals surface area contributed by atoms with Gasteiger partial charge in [0.2, 0.25) is 11.1 Å². The SMILES string of the molecule is C[C@]1(CCc2ccccc2)NC(=O)N(NC(=O)CSc2nc(C3CC3)n(-c3ccccc3)n2)C1=O. The lowest BCUT2D eigenvalue weighted by Crippen LogP contribution is -2.49. The van der Waals surface area contributed by atoms with Crippen LogP contribution in [0.25, 0.3) is 5.69 Å². The van der Waals surface area contributed by atoms with Crippen molar-refractivity contribution in [2.24, 2.45) is 0 Å². The maximum Gasteiger partial charge on any atom is 0.344 e. The lowest BCUT2D eigenvalue weighted by atomic mass is 9.93. The molecule has 35 heavy (non-hydrogen) atoms. The maximum atomic E-state index is 12.9. The van der Waals surface area contributed by atoms with Gasteiger partial charge in [0.05, 0.1) is 11.4 Å². The second-order valence-corrected chi connectivity index (χ2v) is 9.93. The number of hydrazine groups is 1. The van der Waals surface area contributed by atoms with Gasteiger partial charge < -0.3 is 5.32 Å². The van der Waals surface area contributed by atoms with Crippen LogP contribution in [-0.4, -0.2) is 48.9 Å². The molecular formula is C25H26N6O3S. The van der Waals surface area contributed by atoms with Gasteiger partial charge in [0.25, 0.3) is 5.91 Å². The molecule has 0 spiro atoms. The first-order valence-electron chi connectivity index (χ1n) is 11.6. The van der Waals surface area contributed by atoms with Gasteiger partial charge in [0.15, 0.2) is 0 Å². The van der Waals surface area contributed by atoms with Crippen molar-refractivity contribution in [3.8, 4) is 5.69 Å². The summed E-state index contributed by atoms with van der Waals surface area (Å²) in [5, 5.41) is 8.56. The van der Waals surface area contributed by atoms with Gasteiger partial charge in [-0.05, 0) is 50.3 Å². The number of aryl methyl sites for hydroxylation is 1. The highest BCUT2D eigenvalue weighted by atomic mass is 32.2. The van der Waals surface area contributed by atoms with Gasteiger partial charge in [-0.3, -0.25) is 15.0 Å². The molecule has 1 aromatic heterocycles. The molecule has 1 saturated heterocycles. The largest absolute Gasteiger partial charge is 0.344 e. The van der Waals surface area contributed by atoms with Crippen LogP contribution < -0.4 is 10.7 Å². The predicted octanol–water partition coefficient (Wildman–Crippen LogP) is 3.21. The van der Waals surface area contributed by atoms with Crippen molar-refractivity contribution in [3.63, 3.8) is 0 Å². The maximum absolute atomic E-state index is 12.9. The van der Waals surface area contributed by atoms with Crippen molar-refractivity contribution in [1.82, 2.24) is 30.5 Å². The van der Waals surface area contributed by atoms with Gasteiger partial charge in [-0.15, -0.1) is 5.10 Å². The Kier molecular flexibility index (Phi) is 6.29. The van der Waals surface area contributed by atoms with Crippen molar-refractivity contribution in [1.29, 1.82) is 0 Å². The summed E-state index contributed by atoms with van der Waals surface area (Å²) in [4.78, 5) is 42.6. The van der Waals surface area contributed by atoms with Crippen LogP contribution in [0.3, 0.4) is 0 Å². The molecule has 2 fully saturated rings. The Morgan fingerprint density at radius 1 is 1.11 bits per heavy atom. The third-order valence-electron chi connectivity index (χ3n) is 6.14. The van der Waals surface area contributed by atoms with Gasteiger partial charge in [-0.25, -0.2) is 14.5 Å². The minimum Gasteiger partial charge on any atom is -0.322 e. The zero-order chi connectivity index (χ0) is 24.4. The monoisotopic (exact) mass is 490 g/mol. The number of nitrogens with zero attached hydrogens (tertiary/aromatic N) is 4. The van der Waals surface area contributed by atoms with Crippen LogP contribution >= 0.6 is 11.8 Å². The number of hydrogen-bond acceptors (Lipinski definition) is 6. The number of urea groups is 1. The molecule has 3 aromatic rings. The van der Waals surface area contributed by atoms with Crippen molar-refractivity contribution < 1.29 is 14.4 Å². The van der Waals surface area contributed by atoms with Crippen molar-refractivity contribution >= 4 is 29.6 Å². The lowest BCUT2D eigenvalue weighted by molar-refractivity contribution is -0.138. The number of benzene rings is 2. The summed E-state index contributed by atoms with van der Waals surface area (Å²) in [6.07, 6.45) is 3.20. The smallest absolute Gasteiger partial charge is 0.322 e. The van der Waals surface area contributed by atoms with Crippen molar-refractivity contribution in [2.45, 2.75) is 49.2 Å². The predicted molar refractivity (Wildman–Crippen MR) is 131 cm³/mol. The van der Waals surface area contributed by atoms with E-state index in [4.69, 9.17) is 0 Å². The van der Waals surface area contributed by atoms with E-state index >= 15 is 0 Å². The van der Waals surface area contributed by atoms with Crippen LogP contribution in [0.1, 0.15) is 43.5 Å². The fraction of sp³-hybridized carbons (Fsp3) is 0.320. The van der Waals surface area contributed by atoms with Gasteiger partial charge in [0, 0.05) is 5.92 Å². The summed E-state index contributed by atoms with van der Waals surface area (Å²) < 4.78 is 1.83. The van der Waals surface area contributed by atoms with Crippen LogP contribution in [0.5, 0.6) is 0 Å². The number of imide groups is 1. The van der Waals surface area contributed by atoms with Gasteiger partial charge >= 0.3 is 6.03 Å². The topological polar surface area (TPSA) is 109 Å². The number of aromatic nitrogens is 3. The van der Waals surface area contributed by atoms with Crippen molar-refractivity contribution in [2.75, 3.05) is 5.75 Å². The minimum absolute atomic E-state index is 0.0271. The first-order valence-corrected chi connectivity index (χ1v) is 12.6. The van der Waals surface area contributed by atoms with Crippen molar-refractivity contribution in [3.05, 3.63) is 72.1 Å². The van der Waals surface area contributed by atoms with E-state index in [9.17, 15) is 14.4 Å². The summed E-state index contributed by atoms with van der Waals surface area (Å²) in [5.74, 6) is 0.294. The number of amides is 4. The average Bonchev–Trinajstić information content (AvgIpc) is 3.60. The number of nitrogens with one attached hydrogen (secondary N) is 2. The molecule has 2 aliphatic rings. The number of hydrogen-bond donors (Lipinski definition) is 2. The Morgan fingerprint density at radius 2 is 1.80 bits per heavy atom. The first-order chi connectivity index (χ1) is 16.9. The molecule has 2 aromatic carbocycles. The number of thioether (sulfide) groups is 1. The van der Waals surface area contributed by atoms with Crippen LogP contribution in [0.4, 0.5) is 4.79 Å². The second-order valence-electron chi connectivity index (χ2n) is 8.99. The van der Waals surface area contributed by atoms with Crippen LogP contribution in [0, 0.1) is 0 Å². The molecule has 2 N–H and O–H groups in total. The summed E-state index contributed by atoms with van der Waals surface area (Å²) in [6, 6.07) is 18.9. The molecule has 1 saturated carbocycles.